The predicted octanol–water partition coefficient (Wildman–Crippen LogP) is 13.6. The summed E-state index contributed by atoms with van der Waals surface area (Å²) >= 11 is 0. The van der Waals surface area contributed by atoms with E-state index in [1.165, 1.54) is 66.0 Å². The van der Waals surface area contributed by atoms with Gasteiger partial charge in [-0.15, -0.1) is 0 Å². The normalized spacial score (nSPS) is 14.7. The number of hydrogen-bond donors (Lipinski definition) is 0. The van der Waals surface area contributed by atoms with Gasteiger partial charge in [0.05, 0.1) is 27.8 Å². The molecule has 0 unspecified atom stereocenters. The van der Waals surface area contributed by atoms with E-state index in [9.17, 15) is 0 Å². The highest BCUT2D eigenvalue weighted by atomic mass is 28.3. The first-order valence-electron chi connectivity index (χ1n) is 21.8. The fourth-order valence-electron chi connectivity index (χ4n) is 10.7. The van der Waals surface area contributed by atoms with Gasteiger partial charge in [0.15, 0.2) is 0 Å². The molecule has 0 spiro atoms. The van der Waals surface area contributed by atoms with E-state index in [1.807, 2.05) is 0 Å². The molecule has 5 heteroatoms. The van der Waals surface area contributed by atoms with Crippen molar-refractivity contribution in [1.82, 2.24) is 14.0 Å². The minimum Gasteiger partial charge on any atom is -0.457 e. The van der Waals surface area contributed by atoms with E-state index in [1.54, 1.807) is 0 Å². The molecule has 0 radical (unpaired) electrons. The van der Waals surface area contributed by atoms with Crippen molar-refractivity contribution < 1.29 is 4.74 Å². The average molecular weight is 818 g/mol. The zero-order chi connectivity index (χ0) is 42.1. The van der Waals surface area contributed by atoms with Gasteiger partial charge in [0.1, 0.15) is 19.6 Å². The lowest BCUT2D eigenvalue weighted by atomic mass is 9.61. The van der Waals surface area contributed by atoms with E-state index in [2.05, 4.69) is 226 Å². The molecule has 0 N–H and O–H groups in total. The molecule has 0 bridgehead atoms. The van der Waals surface area contributed by atoms with Crippen molar-refractivity contribution in [3.63, 3.8) is 0 Å². The highest BCUT2D eigenvalue weighted by Crippen LogP contribution is 2.54. The molecule has 0 saturated heterocycles. The molecule has 62 heavy (non-hydrogen) atoms. The Bertz CT molecular complexity index is 3490. The second-order valence-corrected chi connectivity index (χ2v) is 23.2. The van der Waals surface area contributed by atoms with Crippen molar-refractivity contribution in [2.24, 2.45) is 0 Å². The third kappa shape index (κ3) is 5.03. The van der Waals surface area contributed by atoms with Crippen molar-refractivity contribution in [3.8, 4) is 61.7 Å². The molecule has 0 fully saturated rings. The van der Waals surface area contributed by atoms with Gasteiger partial charge in [-0.1, -0.05) is 186 Å². The number of aromatic nitrogens is 3. The third-order valence-corrected chi connectivity index (χ3v) is 18.3. The first-order valence-corrected chi connectivity index (χ1v) is 24.8. The third-order valence-electron chi connectivity index (χ3n) is 14.8. The lowest BCUT2D eigenvalue weighted by Gasteiger charge is -2.42. The van der Waals surface area contributed by atoms with Crippen LogP contribution < -0.4 is 15.1 Å². The number of nitrogens with zero attached hydrogens (tertiary/aromatic N) is 3. The molecule has 3 heterocycles. The van der Waals surface area contributed by atoms with Gasteiger partial charge in [0.25, 0.3) is 0 Å². The fourth-order valence-corrected chi connectivity index (χ4v) is 13.3. The first kappa shape index (κ1) is 36.9. The summed E-state index contributed by atoms with van der Waals surface area (Å²) in [6.45, 7) is 14.6. The maximum atomic E-state index is 7.52. The Balaban J connectivity index is 1.05. The second kappa shape index (κ2) is 13.0. The smallest absolute Gasteiger partial charge is 0.220 e. The Labute approximate surface area is 363 Å². The molecule has 0 saturated carbocycles. The molecule has 4 nitrogen and oxygen atoms in total. The summed E-state index contributed by atoms with van der Waals surface area (Å²) in [5, 5.41) is 2.67. The topological polar surface area (TPSA) is 31.5 Å². The number of rotatable bonds is 3. The molecule has 8 aromatic carbocycles. The molecule has 1 aliphatic carbocycles. The standard InChI is InChI=1S/C57H47N3OSi/c1-56(2)46-33-30-36(59-50-27-15-16-28-51(50)60-49-26-14-13-25-48(49)58-55(59)60)34-52(46)61-54-47(57(56,3)4)24-17-29-53(54)62(5,6)37-31-32-44-42-22-10-9-20-40(42)38-18-7-8-19-39(38)41-21-11-12-23-43(41)45(44)35-37/h7-35H,1-6H3. The summed E-state index contributed by atoms with van der Waals surface area (Å²) in [6, 6.07) is 64.8. The average Bonchev–Trinajstić information content (AvgIpc) is 3.81. The first-order chi connectivity index (χ1) is 30.0. The molecular formula is C57H47N3OSi. The molecule has 0 atom stereocenters. The maximum Gasteiger partial charge on any atom is 0.220 e. The van der Waals surface area contributed by atoms with Crippen LogP contribution >= 0.6 is 0 Å². The number of para-hydroxylation sites is 5. The van der Waals surface area contributed by atoms with Crippen LogP contribution in [0, 0.1) is 0 Å². The Morgan fingerprint density at radius 1 is 0.468 bits per heavy atom. The lowest BCUT2D eigenvalue weighted by molar-refractivity contribution is 0.306. The second-order valence-electron chi connectivity index (χ2n) is 18.8. The quantitative estimate of drug-likeness (QED) is 0.166. The summed E-state index contributed by atoms with van der Waals surface area (Å²) in [7, 11) is -2.46. The van der Waals surface area contributed by atoms with Gasteiger partial charge in [0, 0.05) is 28.0 Å². The molecule has 300 valence electrons. The van der Waals surface area contributed by atoms with E-state index in [-0.39, 0.29) is 10.8 Å². The Morgan fingerprint density at radius 3 is 1.65 bits per heavy atom. The zero-order valence-corrected chi connectivity index (χ0v) is 37.0. The van der Waals surface area contributed by atoms with Crippen molar-refractivity contribution in [2.45, 2.75) is 51.6 Å². The van der Waals surface area contributed by atoms with Crippen LogP contribution in [0.4, 0.5) is 0 Å². The van der Waals surface area contributed by atoms with Gasteiger partial charge < -0.3 is 4.74 Å². The zero-order valence-electron chi connectivity index (χ0n) is 36.0. The largest absolute Gasteiger partial charge is 0.457 e. The number of ether oxygens (including phenoxy) is 1. The van der Waals surface area contributed by atoms with Crippen molar-refractivity contribution >= 4 is 46.3 Å². The van der Waals surface area contributed by atoms with Crippen molar-refractivity contribution in [3.05, 3.63) is 187 Å². The summed E-state index contributed by atoms with van der Waals surface area (Å²) in [6.07, 6.45) is 0. The van der Waals surface area contributed by atoms with Crippen LogP contribution in [0.2, 0.25) is 13.1 Å². The number of imidazole rings is 2. The van der Waals surface area contributed by atoms with Crippen LogP contribution in [0.5, 0.6) is 11.5 Å². The summed E-state index contributed by atoms with van der Waals surface area (Å²) in [5.74, 6) is 2.78. The highest BCUT2D eigenvalue weighted by Gasteiger charge is 2.47. The minimum atomic E-state index is -2.46. The van der Waals surface area contributed by atoms with Crippen LogP contribution in [0.1, 0.15) is 38.8 Å². The monoisotopic (exact) mass is 817 g/mol. The predicted molar refractivity (Wildman–Crippen MR) is 261 cm³/mol. The van der Waals surface area contributed by atoms with Gasteiger partial charge in [-0.2, -0.15) is 0 Å². The fraction of sp³-hybridized carbons (Fsp3) is 0.140. The molecule has 2 aliphatic rings. The van der Waals surface area contributed by atoms with Crippen LogP contribution in [0.15, 0.2) is 176 Å². The van der Waals surface area contributed by atoms with Gasteiger partial charge in [-0.05, 0) is 80.0 Å². The van der Waals surface area contributed by atoms with Crippen molar-refractivity contribution in [1.29, 1.82) is 0 Å². The maximum absolute atomic E-state index is 7.52. The Hall–Kier alpha value is -6.95. The van der Waals surface area contributed by atoms with Gasteiger partial charge in [-0.3, -0.25) is 8.97 Å². The van der Waals surface area contributed by atoms with E-state index in [0.717, 1.165) is 45.0 Å². The highest BCUT2D eigenvalue weighted by molar-refractivity contribution is 7.01. The molecule has 2 aromatic heterocycles. The van der Waals surface area contributed by atoms with Crippen LogP contribution in [-0.2, 0) is 10.8 Å². The van der Waals surface area contributed by atoms with Gasteiger partial charge in [0.2, 0.25) is 5.78 Å². The molecule has 10 aromatic rings. The Kier molecular flexibility index (Phi) is 7.75. The lowest BCUT2D eigenvalue weighted by Crippen LogP contribution is -2.53. The number of hydrogen-bond acceptors (Lipinski definition) is 2. The summed E-state index contributed by atoms with van der Waals surface area (Å²) in [4.78, 5) is 5.20. The van der Waals surface area contributed by atoms with Gasteiger partial charge >= 0.3 is 0 Å². The van der Waals surface area contributed by atoms with Crippen LogP contribution in [0.25, 0.3) is 78.0 Å². The van der Waals surface area contributed by atoms with Crippen molar-refractivity contribution in [2.75, 3.05) is 0 Å². The van der Waals surface area contributed by atoms with Crippen LogP contribution in [0.3, 0.4) is 0 Å². The van der Waals surface area contributed by atoms with Crippen LogP contribution in [-0.4, -0.2) is 22.0 Å². The molecule has 1 aliphatic heterocycles. The summed E-state index contributed by atoms with van der Waals surface area (Å²) < 4.78 is 12.1. The van der Waals surface area contributed by atoms with E-state index < -0.39 is 8.07 Å². The van der Waals surface area contributed by atoms with E-state index in [4.69, 9.17) is 9.72 Å². The van der Waals surface area contributed by atoms with E-state index >= 15 is 0 Å². The van der Waals surface area contributed by atoms with Gasteiger partial charge in [-0.25, -0.2) is 4.98 Å². The SMILES string of the molecule is CC1(C)c2ccc(-n3c4ccccc4n4c5ccccc5nc34)cc2Oc2c(cccc2[Si](C)(C)c2ccc3c(c2)-c2ccccc2-c2ccccc2-c2ccccc2-3)C1(C)C. The summed E-state index contributed by atoms with van der Waals surface area (Å²) in [5.41, 5.74) is 17.4. The number of fused-ring (bicyclic) bond motifs is 15. The minimum absolute atomic E-state index is 0.258. The number of benzene rings is 8. The molecular weight excluding hydrogens is 771 g/mol. The van der Waals surface area contributed by atoms with E-state index in [0.29, 0.717) is 0 Å². The molecule has 12 rings (SSSR count). The Morgan fingerprint density at radius 2 is 1.00 bits per heavy atom. The molecule has 0 amide bonds.